The third-order valence-electron chi connectivity index (χ3n) is 4.89. The van der Waals surface area contributed by atoms with Crippen molar-refractivity contribution in [3.05, 3.63) is 50.7 Å². The highest BCUT2D eigenvalue weighted by Crippen LogP contribution is 2.43. The molecule has 1 aromatic carbocycles. The molecule has 0 spiro atoms. The largest absolute Gasteiger partial charge is 0.349 e. The van der Waals surface area contributed by atoms with E-state index in [1.807, 2.05) is 12.1 Å². The molecule has 1 amide bonds. The quantitative estimate of drug-likeness (QED) is 0.869. The van der Waals surface area contributed by atoms with E-state index >= 15 is 0 Å². The van der Waals surface area contributed by atoms with Gasteiger partial charge < -0.3 is 5.32 Å². The summed E-state index contributed by atoms with van der Waals surface area (Å²) in [5, 5.41) is 7.55. The smallest absolute Gasteiger partial charge is 0.343 e. The number of halogens is 1. The Morgan fingerprint density at radius 3 is 2.75 bits per heavy atom. The SMILES string of the molecule is Cc1cc(Cl)ccc1CC1(CNC(=O)c2nn(C)c(=O)[nH]2)CCC1. The molecular formula is C17H21ClN4O2. The molecule has 0 radical (unpaired) electrons. The lowest BCUT2D eigenvalue weighted by Crippen LogP contribution is -2.44. The van der Waals surface area contributed by atoms with Crippen LogP contribution in [0.5, 0.6) is 0 Å². The van der Waals surface area contributed by atoms with Gasteiger partial charge in [-0.1, -0.05) is 24.1 Å². The summed E-state index contributed by atoms with van der Waals surface area (Å²) in [6.07, 6.45) is 4.24. The second-order valence-corrected chi connectivity index (χ2v) is 7.12. The predicted molar refractivity (Wildman–Crippen MR) is 92.3 cm³/mol. The number of hydrogen-bond donors (Lipinski definition) is 2. The molecule has 0 unspecified atom stereocenters. The number of carbonyl (C=O) groups is 1. The zero-order chi connectivity index (χ0) is 17.3. The fraction of sp³-hybridized carbons (Fsp3) is 0.471. The maximum atomic E-state index is 12.2. The minimum absolute atomic E-state index is 0.0552. The summed E-state index contributed by atoms with van der Waals surface area (Å²) < 4.78 is 1.12. The highest BCUT2D eigenvalue weighted by Gasteiger charge is 2.37. The number of H-pyrrole nitrogens is 1. The highest BCUT2D eigenvalue weighted by atomic mass is 35.5. The maximum Gasteiger partial charge on any atom is 0.343 e. The van der Waals surface area contributed by atoms with Gasteiger partial charge in [-0.25, -0.2) is 9.48 Å². The molecule has 0 bridgehead atoms. The summed E-state index contributed by atoms with van der Waals surface area (Å²) in [6, 6.07) is 5.95. The Morgan fingerprint density at radius 2 is 2.21 bits per heavy atom. The normalized spacial score (nSPS) is 15.8. The van der Waals surface area contributed by atoms with Crippen LogP contribution >= 0.6 is 11.6 Å². The minimum Gasteiger partial charge on any atom is -0.349 e. The molecule has 0 aliphatic heterocycles. The summed E-state index contributed by atoms with van der Waals surface area (Å²) in [5.41, 5.74) is 2.12. The van der Waals surface area contributed by atoms with Gasteiger partial charge in [0, 0.05) is 18.6 Å². The van der Waals surface area contributed by atoms with Gasteiger partial charge >= 0.3 is 5.69 Å². The molecule has 0 atom stereocenters. The summed E-state index contributed by atoms with van der Waals surface area (Å²) in [7, 11) is 1.51. The number of hydrogen-bond acceptors (Lipinski definition) is 3. The zero-order valence-corrected chi connectivity index (χ0v) is 14.6. The van der Waals surface area contributed by atoms with Gasteiger partial charge in [0.05, 0.1) is 0 Å². The Balaban J connectivity index is 1.67. The third kappa shape index (κ3) is 3.38. The van der Waals surface area contributed by atoms with Crippen molar-refractivity contribution in [2.45, 2.75) is 32.6 Å². The number of benzene rings is 1. The first-order valence-corrected chi connectivity index (χ1v) is 8.43. The fourth-order valence-corrected chi connectivity index (χ4v) is 3.44. The van der Waals surface area contributed by atoms with Gasteiger partial charge in [0.15, 0.2) is 0 Å². The topological polar surface area (TPSA) is 79.8 Å². The number of nitrogens with one attached hydrogen (secondary N) is 2. The van der Waals surface area contributed by atoms with Crippen molar-refractivity contribution in [3.63, 3.8) is 0 Å². The van der Waals surface area contributed by atoms with Crippen LogP contribution in [0.2, 0.25) is 5.02 Å². The number of amides is 1. The second-order valence-electron chi connectivity index (χ2n) is 6.69. The first kappa shape index (κ1) is 16.8. The van der Waals surface area contributed by atoms with Crippen LogP contribution in [0.25, 0.3) is 0 Å². The Bertz CT molecular complexity index is 820. The molecule has 7 heteroatoms. The Labute approximate surface area is 145 Å². The lowest BCUT2D eigenvalue weighted by molar-refractivity contribution is 0.0849. The van der Waals surface area contributed by atoms with E-state index in [4.69, 9.17) is 11.6 Å². The van der Waals surface area contributed by atoms with E-state index in [9.17, 15) is 9.59 Å². The third-order valence-corrected chi connectivity index (χ3v) is 5.13. The van der Waals surface area contributed by atoms with Crippen molar-refractivity contribution in [1.82, 2.24) is 20.1 Å². The molecule has 2 aromatic rings. The molecule has 1 saturated carbocycles. The van der Waals surface area contributed by atoms with Gasteiger partial charge in [-0.15, -0.1) is 5.10 Å². The Hall–Kier alpha value is -2.08. The van der Waals surface area contributed by atoms with E-state index in [0.29, 0.717) is 6.54 Å². The monoisotopic (exact) mass is 348 g/mol. The molecule has 1 aliphatic carbocycles. The maximum absolute atomic E-state index is 12.2. The molecule has 1 fully saturated rings. The number of aromatic nitrogens is 3. The summed E-state index contributed by atoms with van der Waals surface area (Å²) >= 11 is 6.03. The predicted octanol–water partition coefficient (Wildman–Crippen LogP) is 2.21. The minimum atomic E-state index is -0.393. The van der Waals surface area contributed by atoms with Crippen molar-refractivity contribution in [3.8, 4) is 0 Å². The van der Waals surface area contributed by atoms with Crippen molar-refractivity contribution >= 4 is 17.5 Å². The van der Waals surface area contributed by atoms with Crippen LogP contribution in [0.4, 0.5) is 0 Å². The van der Waals surface area contributed by atoms with Crippen LogP contribution in [0.1, 0.15) is 41.0 Å². The number of aromatic amines is 1. The first-order valence-electron chi connectivity index (χ1n) is 8.05. The van der Waals surface area contributed by atoms with E-state index in [1.165, 1.54) is 24.6 Å². The number of aryl methyl sites for hydroxylation is 2. The lowest BCUT2D eigenvalue weighted by Gasteiger charge is -2.42. The first-order chi connectivity index (χ1) is 11.4. The van der Waals surface area contributed by atoms with E-state index < -0.39 is 5.69 Å². The van der Waals surface area contributed by atoms with Crippen LogP contribution in [0, 0.1) is 12.3 Å². The molecule has 2 N–H and O–H groups in total. The van der Waals surface area contributed by atoms with Gasteiger partial charge in [-0.3, -0.25) is 9.78 Å². The lowest BCUT2D eigenvalue weighted by atomic mass is 9.65. The van der Waals surface area contributed by atoms with Crippen molar-refractivity contribution < 1.29 is 4.79 Å². The Kier molecular flexibility index (Phi) is 4.49. The molecule has 128 valence electrons. The van der Waals surface area contributed by atoms with Gasteiger partial charge in [-0.2, -0.15) is 0 Å². The van der Waals surface area contributed by atoms with E-state index in [2.05, 4.69) is 28.4 Å². The van der Waals surface area contributed by atoms with Crippen molar-refractivity contribution in [2.24, 2.45) is 12.5 Å². The van der Waals surface area contributed by atoms with E-state index in [0.717, 1.165) is 29.0 Å². The highest BCUT2D eigenvalue weighted by molar-refractivity contribution is 6.30. The van der Waals surface area contributed by atoms with Crippen LogP contribution in [0.15, 0.2) is 23.0 Å². The number of rotatable bonds is 5. The molecule has 24 heavy (non-hydrogen) atoms. The number of carbonyl (C=O) groups excluding carboxylic acids is 1. The average molecular weight is 349 g/mol. The van der Waals surface area contributed by atoms with Crippen molar-refractivity contribution in [2.75, 3.05) is 6.54 Å². The molecule has 1 heterocycles. The second kappa shape index (κ2) is 6.43. The molecular weight excluding hydrogens is 328 g/mol. The molecule has 6 nitrogen and oxygen atoms in total. The molecule has 0 saturated heterocycles. The van der Waals surface area contributed by atoms with Gasteiger partial charge in [-0.05, 0) is 54.9 Å². The van der Waals surface area contributed by atoms with E-state index in [1.54, 1.807) is 0 Å². The molecule has 1 aliphatic rings. The van der Waals surface area contributed by atoms with Crippen molar-refractivity contribution in [1.29, 1.82) is 0 Å². The standard InChI is InChI=1S/C17H21ClN4O2/c1-11-8-13(18)5-4-12(11)9-17(6-3-7-17)10-19-15(23)14-20-16(24)22(2)21-14/h4-5,8H,3,6-7,9-10H2,1-2H3,(H,19,23)(H,20,21,24). The van der Waals surface area contributed by atoms with Crippen LogP contribution in [-0.4, -0.2) is 27.2 Å². The van der Waals surface area contributed by atoms with Crippen LogP contribution in [0.3, 0.4) is 0 Å². The van der Waals surface area contributed by atoms with Crippen LogP contribution < -0.4 is 11.0 Å². The van der Waals surface area contributed by atoms with Gasteiger partial charge in [0.1, 0.15) is 0 Å². The summed E-state index contributed by atoms with van der Waals surface area (Å²) in [5.74, 6) is -0.286. The summed E-state index contributed by atoms with van der Waals surface area (Å²) in [4.78, 5) is 26.0. The van der Waals surface area contributed by atoms with Gasteiger partial charge in [0.2, 0.25) is 5.82 Å². The summed E-state index contributed by atoms with van der Waals surface area (Å²) in [6.45, 7) is 2.64. The molecule has 1 aromatic heterocycles. The van der Waals surface area contributed by atoms with Gasteiger partial charge in [0.25, 0.3) is 5.91 Å². The van der Waals surface area contributed by atoms with Crippen LogP contribution in [-0.2, 0) is 13.5 Å². The average Bonchev–Trinajstić information content (AvgIpc) is 2.83. The molecule has 3 rings (SSSR count). The fourth-order valence-electron chi connectivity index (χ4n) is 3.21. The Morgan fingerprint density at radius 1 is 1.46 bits per heavy atom. The number of nitrogens with zero attached hydrogens (tertiary/aromatic N) is 2. The van der Waals surface area contributed by atoms with E-state index in [-0.39, 0.29) is 17.1 Å². The zero-order valence-electron chi connectivity index (χ0n) is 13.9.